The van der Waals surface area contributed by atoms with Crippen molar-refractivity contribution in [3.63, 3.8) is 0 Å². The molecular formula is C17H21BN2O2. The van der Waals surface area contributed by atoms with Crippen molar-refractivity contribution in [2.75, 3.05) is 0 Å². The maximum atomic E-state index is 9.50. The van der Waals surface area contributed by atoms with Gasteiger partial charge in [0.1, 0.15) is 6.07 Å². The van der Waals surface area contributed by atoms with Crippen molar-refractivity contribution in [2.45, 2.75) is 45.8 Å². The number of hydrogen-bond donors (Lipinski definition) is 0. The van der Waals surface area contributed by atoms with Crippen molar-refractivity contribution in [3.8, 4) is 6.07 Å². The molecule has 0 radical (unpaired) electrons. The van der Waals surface area contributed by atoms with Crippen molar-refractivity contribution in [2.24, 2.45) is 7.05 Å². The quantitative estimate of drug-likeness (QED) is 0.760. The van der Waals surface area contributed by atoms with Crippen LogP contribution in [0.2, 0.25) is 0 Å². The van der Waals surface area contributed by atoms with Gasteiger partial charge >= 0.3 is 7.12 Å². The Morgan fingerprint density at radius 3 is 2.27 bits per heavy atom. The van der Waals surface area contributed by atoms with E-state index in [0.717, 1.165) is 21.9 Å². The number of nitriles is 1. The van der Waals surface area contributed by atoms with Crippen LogP contribution in [0.15, 0.2) is 18.3 Å². The molecule has 3 rings (SSSR count). The summed E-state index contributed by atoms with van der Waals surface area (Å²) < 4.78 is 14.2. The zero-order valence-electron chi connectivity index (χ0n) is 14.0. The number of rotatable bonds is 1. The predicted octanol–water partition coefficient (Wildman–Crippen LogP) is 2.66. The molecule has 2 heterocycles. The number of aromatic nitrogens is 1. The molecule has 1 fully saturated rings. The molecule has 22 heavy (non-hydrogen) atoms. The van der Waals surface area contributed by atoms with Gasteiger partial charge in [-0.05, 0) is 51.7 Å². The highest BCUT2D eigenvalue weighted by Crippen LogP contribution is 2.37. The summed E-state index contributed by atoms with van der Waals surface area (Å²) in [6, 6.07) is 6.25. The van der Waals surface area contributed by atoms with Gasteiger partial charge in [-0.25, -0.2) is 0 Å². The summed E-state index contributed by atoms with van der Waals surface area (Å²) in [5, 5.41) is 10.6. The van der Waals surface area contributed by atoms with Gasteiger partial charge in [0.05, 0.1) is 22.3 Å². The van der Waals surface area contributed by atoms with Crippen molar-refractivity contribution in [3.05, 3.63) is 29.5 Å². The maximum Gasteiger partial charge on any atom is 0.494 e. The minimum absolute atomic E-state index is 0.384. The third-order valence-electron chi connectivity index (χ3n) is 4.94. The molecule has 0 unspecified atom stereocenters. The zero-order valence-corrected chi connectivity index (χ0v) is 14.0. The summed E-state index contributed by atoms with van der Waals surface area (Å²) in [4.78, 5) is 0. The Morgan fingerprint density at radius 1 is 1.14 bits per heavy atom. The van der Waals surface area contributed by atoms with Crippen molar-refractivity contribution in [1.82, 2.24) is 4.57 Å². The van der Waals surface area contributed by atoms with Crippen LogP contribution in [0.25, 0.3) is 10.9 Å². The Labute approximate surface area is 131 Å². The van der Waals surface area contributed by atoms with Crippen LogP contribution in [0.3, 0.4) is 0 Å². The molecule has 1 aliphatic rings. The van der Waals surface area contributed by atoms with Crippen LogP contribution >= 0.6 is 0 Å². The summed E-state index contributed by atoms with van der Waals surface area (Å²) in [5.41, 5.74) is 2.89. The van der Waals surface area contributed by atoms with Crippen LogP contribution in [-0.2, 0) is 16.4 Å². The Bertz CT molecular complexity index is 783. The van der Waals surface area contributed by atoms with E-state index in [1.165, 1.54) is 0 Å². The van der Waals surface area contributed by atoms with E-state index in [1.54, 1.807) is 0 Å². The fraction of sp³-hybridized carbons (Fsp3) is 0.471. The fourth-order valence-corrected chi connectivity index (χ4v) is 2.96. The summed E-state index contributed by atoms with van der Waals surface area (Å²) in [6.07, 6.45) is 2.04. The lowest BCUT2D eigenvalue weighted by Crippen LogP contribution is -2.41. The van der Waals surface area contributed by atoms with Crippen molar-refractivity contribution in [1.29, 1.82) is 5.26 Å². The number of fused-ring (bicyclic) bond motifs is 1. The second-order valence-electron chi connectivity index (χ2n) is 7.09. The average Bonchev–Trinajstić information content (AvgIpc) is 2.83. The normalized spacial score (nSPS) is 19.6. The van der Waals surface area contributed by atoms with Gasteiger partial charge < -0.3 is 13.9 Å². The lowest BCUT2D eigenvalue weighted by molar-refractivity contribution is 0.00578. The van der Waals surface area contributed by atoms with Crippen LogP contribution < -0.4 is 5.46 Å². The van der Waals surface area contributed by atoms with Gasteiger partial charge in [-0.2, -0.15) is 5.26 Å². The Balaban J connectivity index is 2.14. The minimum atomic E-state index is -0.443. The number of nitrogens with zero attached hydrogens (tertiary/aromatic N) is 2. The highest BCUT2D eigenvalue weighted by Gasteiger charge is 2.51. The van der Waals surface area contributed by atoms with E-state index < -0.39 is 7.12 Å². The van der Waals surface area contributed by atoms with E-state index in [2.05, 4.69) is 19.1 Å². The molecule has 0 spiro atoms. The van der Waals surface area contributed by atoms with Crippen LogP contribution in [0, 0.1) is 18.3 Å². The summed E-state index contributed by atoms with van der Waals surface area (Å²) in [6.45, 7) is 10.2. The summed E-state index contributed by atoms with van der Waals surface area (Å²) in [5.74, 6) is 0. The number of benzene rings is 1. The molecule has 5 heteroatoms. The molecule has 1 aromatic heterocycles. The van der Waals surface area contributed by atoms with Gasteiger partial charge in [-0.15, -0.1) is 0 Å². The minimum Gasteiger partial charge on any atom is -0.399 e. The second-order valence-corrected chi connectivity index (χ2v) is 7.09. The molecule has 0 saturated carbocycles. The Kier molecular flexibility index (Phi) is 3.18. The highest BCUT2D eigenvalue weighted by atomic mass is 16.7. The largest absolute Gasteiger partial charge is 0.494 e. The molecule has 114 valence electrons. The van der Waals surface area contributed by atoms with E-state index in [1.807, 2.05) is 51.6 Å². The van der Waals surface area contributed by atoms with E-state index >= 15 is 0 Å². The Hall–Kier alpha value is -1.77. The maximum absolute atomic E-state index is 9.50. The van der Waals surface area contributed by atoms with Gasteiger partial charge in [-0.3, -0.25) is 0 Å². The van der Waals surface area contributed by atoms with Gasteiger partial charge in [0.25, 0.3) is 0 Å². The van der Waals surface area contributed by atoms with Crippen LogP contribution in [-0.4, -0.2) is 22.9 Å². The van der Waals surface area contributed by atoms with Gasteiger partial charge in [0.2, 0.25) is 0 Å². The van der Waals surface area contributed by atoms with Crippen LogP contribution in [0.4, 0.5) is 0 Å². The molecule has 0 bridgehead atoms. The standard InChI is InChI=1S/C17H21BN2O2/c1-11-10-20(6)15-12(9-19)7-13(8-14(11)15)18-21-16(2,3)17(4,5)22-18/h7-8,10H,1-6H3. The predicted molar refractivity (Wildman–Crippen MR) is 88.1 cm³/mol. The number of aryl methyl sites for hydroxylation is 2. The molecule has 1 aromatic carbocycles. The lowest BCUT2D eigenvalue weighted by atomic mass is 9.77. The number of hydrogen-bond acceptors (Lipinski definition) is 3. The summed E-state index contributed by atoms with van der Waals surface area (Å²) in [7, 11) is 1.52. The van der Waals surface area contributed by atoms with E-state index in [-0.39, 0.29) is 11.2 Å². The van der Waals surface area contributed by atoms with Crippen molar-refractivity contribution >= 4 is 23.5 Å². The van der Waals surface area contributed by atoms with E-state index in [9.17, 15) is 5.26 Å². The second kappa shape index (κ2) is 4.61. The van der Waals surface area contributed by atoms with Gasteiger partial charge in [0, 0.05) is 18.6 Å². The molecule has 1 aliphatic heterocycles. The monoisotopic (exact) mass is 296 g/mol. The smallest absolute Gasteiger partial charge is 0.399 e. The molecule has 0 amide bonds. The SMILES string of the molecule is Cc1cn(C)c2c(C#N)cc(B3OC(C)(C)C(C)(C)O3)cc12. The van der Waals surface area contributed by atoms with Crippen molar-refractivity contribution < 1.29 is 9.31 Å². The molecule has 4 nitrogen and oxygen atoms in total. The topological polar surface area (TPSA) is 47.2 Å². The summed E-state index contributed by atoms with van der Waals surface area (Å²) >= 11 is 0. The average molecular weight is 296 g/mol. The molecule has 1 saturated heterocycles. The first-order valence-corrected chi connectivity index (χ1v) is 7.51. The first kappa shape index (κ1) is 15.1. The van der Waals surface area contributed by atoms with Crippen LogP contribution in [0.1, 0.15) is 38.8 Å². The first-order valence-electron chi connectivity index (χ1n) is 7.51. The van der Waals surface area contributed by atoms with Gasteiger partial charge in [-0.1, -0.05) is 6.07 Å². The molecule has 0 N–H and O–H groups in total. The third-order valence-corrected chi connectivity index (χ3v) is 4.94. The third kappa shape index (κ3) is 2.06. The zero-order chi connectivity index (χ0) is 16.3. The Morgan fingerprint density at radius 2 is 1.73 bits per heavy atom. The molecule has 0 aliphatic carbocycles. The highest BCUT2D eigenvalue weighted by molar-refractivity contribution is 6.62. The van der Waals surface area contributed by atoms with Gasteiger partial charge in [0.15, 0.2) is 0 Å². The molecule has 0 atom stereocenters. The molecule has 2 aromatic rings. The molecular weight excluding hydrogens is 275 g/mol. The first-order chi connectivity index (χ1) is 10.2. The lowest BCUT2D eigenvalue weighted by Gasteiger charge is -2.32. The van der Waals surface area contributed by atoms with Crippen LogP contribution in [0.5, 0.6) is 0 Å². The fourth-order valence-electron chi connectivity index (χ4n) is 2.96. The van der Waals surface area contributed by atoms with E-state index in [0.29, 0.717) is 5.56 Å². The van der Waals surface area contributed by atoms with E-state index in [4.69, 9.17) is 9.31 Å².